The molecule has 1 amide bonds. The van der Waals surface area contributed by atoms with Crippen LogP contribution in [0.5, 0.6) is 0 Å². The lowest BCUT2D eigenvalue weighted by Crippen LogP contribution is -2.16. The second kappa shape index (κ2) is 7.31. The number of thioether (sulfide) groups is 1. The zero-order valence-electron chi connectivity index (χ0n) is 13.2. The number of para-hydroxylation sites is 1. The molecule has 3 rings (SSSR count). The number of benzene rings is 1. The Labute approximate surface area is 143 Å². The highest BCUT2D eigenvalue weighted by Crippen LogP contribution is 2.12. The van der Waals surface area contributed by atoms with Gasteiger partial charge in [0.15, 0.2) is 0 Å². The molecule has 122 valence electrons. The quantitative estimate of drug-likeness (QED) is 0.776. The third kappa shape index (κ3) is 4.02. The summed E-state index contributed by atoms with van der Waals surface area (Å²) in [5.41, 5.74) is 2.98. The van der Waals surface area contributed by atoms with Gasteiger partial charge in [0.1, 0.15) is 5.65 Å². The van der Waals surface area contributed by atoms with Gasteiger partial charge in [-0.2, -0.15) is 0 Å². The Balaban J connectivity index is 1.61. The lowest BCUT2D eigenvalue weighted by molar-refractivity contribution is -0.113. The fourth-order valence-electron chi connectivity index (χ4n) is 2.30. The van der Waals surface area contributed by atoms with Gasteiger partial charge in [0.25, 0.3) is 5.56 Å². The van der Waals surface area contributed by atoms with E-state index in [4.69, 9.17) is 0 Å². The van der Waals surface area contributed by atoms with E-state index >= 15 is 0 Å². The second-order valence-corrected chi connectivity index (χ2v) is 6.41. The summed E-state index contributed by atoms with van der Waals surface area (Å²) in [7, 11) is 0. The number of rotatable bonds is 5. The van der Waals surface area contributed by atoms with Crippen molar-refractivity contribution in [3.05, 3.63) is 76.3 Å². The van der Waals surface area contributed by atoms with Crippen LogP contribution in [0.15, 0.2) is 59.5 Å². The monoisotopic (exact) mass is 339 g/mol. The second-order valence-electron chi connectivity index (χ2n) is 5.43. The third-order valence-electron chi connectivity index (χ3n) is 3.40. The number of fused-ring (bicyclic) bond motifs is 1. The van der Waals surface area contributed by atoms with Crippen LogP contribution in [0.4, 0.5) is 5.69 Å². The molecule has 0 unspecified atom stereocenters. The molecule has 6 heteroatoms. The molecule has 2 aromatic heterocycles. The van der Waals surface area contributed by atoms with Crippen LogP contribution in [0.3, 0.4) is 0 Å². The van der Waals surface area contributed by atoms with Gasteiger partial charge in [-0.25, -0.2) is 4.98 Å². The minimum Gasteiger partial charge on any atom is -0.325 e. The van der Waals surface area contributed by atoms with Crippen molar-refractivity contribution >= 4 is 29.0 Å². The summed E-state index contributed by atoms with van der Waals surface area (Å²) < 4.78 is 1.53. The Kier molecular flexibility index (Phi) is 4.96. The van der Waals surface area contributed by atoms with E-state index in [0.29, 0.717) is 22.8 Å². The van der Waals surface area contributed by atoms with E-state index in [1.54, 1.807) is 6.20 Å². The van der Waals surface area contributed by atoms with Crippen LogP contribution in [0.25, 0.3) is 5.65 Å². The topological polar surface area (TPSA) is 63.5 Å². The van der Waals surface area contributed by atoms with Gasteiger partial charge in [-0.15, -0.1) is 11.8 Å². The van der Waals surface area contributed by atoms with Crippen molar-refractivity contribution in [3.63, 3.8) is 0 Å². The Morgan fingerprint density at radius 1 is 1.21 bits per heavy atom. The molecular weight excluding hydrogens is 322 g/mol. The Bertz CT molecular complexity index is 922. The molecule has 3 aromatic rings. The average Bonchev–Trinajstić information content (AvgIpc) is 2.56. The van der Waals surface area contributed by atoms with Crippen LogP contribution in [0.2, 0.25) is 0 Å². The molecule has 0 saturated heterocycles. The van der Waals surface area contributed by atoms with E-state index in [0.717, 1.165) is 11.3 Å². The molecular formula is C18H17N3O2S. The maximum atomic E-state index is 12.1. The van der Waals surface area contributed by atoms with Gasteiger partial charge in [0, 0.05) is 23.7 Å². The van der Waals surface area contributed by atoms with Crippen LogP contribution >= 0.6 is 11.8 Å². The number of anilines is 1. The highest BCUT2D eigenvalue weighted by molar-refractivity contribution is 7.99. The number of nitrogens with zero attached hydrogens (tertiary/aromatic N) is 2. The lowest BCUT2D eigenvalue weighted by Gasteiger charge is -2.06. The van der Waals surface area contributed by atoms with Crippen molar-refractivity contribution in [2.45, 2.75) is 12.7 Å². The molecule has 0 radical (unpaired) electrons. The maximum Gasteiger partial charge on any atom is 0.258 e. The van der Waals surface area contributed by atoms with E-state index in [-0.39, 0.29) is 11.5 Å². The lowest BCUT2D eigenvalue weighted by atomic mass is 10.3. The van der Waals surface area contributed by atoms with E-state index < -0.39 is 0 Å². The number of hydrogen-bond donors (Lipinski definition) is 1. The summed E-state index contributed by atoms with van der Waals surface area (Å²) in [4.78, 5) is 28.5. The highest BCUT2D eigenvalue weighted by atomic mass is 32.2. The zero-order chi connectivity index (χ0) is 16.9. The van der Waals surface area contributed by atoms with Crippen molar-refractivity contribution in [1.29, 1.82) is 0 Å². The molecule has 0 atom stereocenters. The van der Waals surface area contributed by atoms with E-state index in [1.165, 1.54) is 22.2 Å². The minimum atomic E-state index is -0.104. The average molecular weight is 339 g/mol. The number of aryl methyl sites for hydroxylation is 1. The van der Waals surface area contributed by atoms with E-state index in [9.17, 15) is 9.59 Å². The SMILES string of the molecule is Cc1ccc2nc(CSCC(=O)Nc3ccccc3)cc(=O)n2c1. The Morgan fingerprint density at radius 3 is 2.79 bits per heavy atom. The van der Waals surface area contributed by atoms with Crippen molar-refractivity contribution in [2.24, 2.45) is 0 Å². The molecule has 0 aliphatic rings. The normalized spacial score (nSPS) is 10.7. The first-order valence-corrected chi connectivity index (χ1v) is 8.69. The summed E-state index contributed by atoms with van der Waals surface area (Å²) in [5, 5.41) is 2.83. The molecule has 0 bridgehead atoms. The Hall–Kier alpha value is -2.60. The van der Waals surface area contributed by atoms with Gasteiger partial charge >= 0.3 is 0 Å². The van der Waals surface area contributed by atoms with Crippen LogP contribution in [-0.4, -0.2) is 21.0 Å². The first-order chi connectivity index (χ1) is 11.6. The molecule has 0 aliphatic carbocycles. The van der Waals surface area contributed by atoms with Gasteiger partial charge in [-0.1, -0.05) is 24.3 Å². The number of aromatic nitrogens is 2. The van der Waals surface area contributed by atoms with Gasteiger partial charge in [0.2, 0.25) is 5.91 Å². The standard InChI is InChI=1S/C18H17N3O2S/c1-13-7-8-16-19-15(9-18(23)21(16)10-13)11-24-12-17(22)20-14-5-3-2-4-6-14/h2-10H,11-12H2,1H3,(H,20,22). The largest absolute Gasteiger partial charge is 0.325 e. The van der Waals surface area contributed by atoms with Crippen molar-refractivity contribution in [1.82, 2.24) is 9.38 Å². The first-order valence-electron chi connectivity index (χ1n) is 7.53. The summed E-state index contributed by atoms with van der Waals surface area (Å²) in [6.07, 6.45) is 1.77. The van der Waals surface area contributed by atoms with Crippen LogP contribution < -0.4 is 10.9 Å². The fraction of sp³-hybridized carbons (Fsp3) is 0.167. The molecule has 1 N–H and O–H groups in total. The number of amides is 1. The molecule has 0 fully saturated rings. The van der Waals surface area contributed by atoms with Crippen molar-refractivity contribution < 1.29 is 4.79 Å². The van der Waals surface area contributed by atoms with E-state index in [1.807, 2.05) is 49.4 Å². The van der Waals surface area contributed by atoms with Crippen LogP contribution in [0.1, 0.15) is 11.3 Å². The highest BCUT2D eigenvalue weighted by Gasteiger charge is 2.06. The van der Waals surface area contributed by atoms with Gasteiger partial charge < -0.3 is 5.32 Å². The first kappa shape index (κ1) is 16.3. The summed E-state index contributed by atoms with van der Waals surface area (Å²) >= 11 is 1.43. The molecule has 24 heavy (non-hydrogen) atoms. The molecule has 0 aliphatic heterocycles. The van der Waals surface area contributed by atoms with Crippen LogP contribution in [-0.2, 0) is 10.5 Å². The fourth-order valence-corrected chi connectivity index (χ4v) is 3.02. The third-order valence-corrected chi connectivity index (χ3v) is 4.37. The number of hydrogen-bond acceptors (Lipinski definition) is 4. The predicted octanol–water partition coefficient (Wildman–Crippen LogP) is 2.87. The molecule has 0 spiro atoms. The van der Waals surface area contributed by atoms with Gasteiger partial charge in [-0.3, -0.25) is 14.0 Å². The molecule has 0 saturated carbocycles. The van der Waals surface area contributed by atoms with Crippen molar-refractivity contribution in [3.8, 4) is 0 Å². The maximum absolute atomic E-state index is 12.1. The molecule has 5 nitrogen and oxygen atoms in total. The number of nitrogens with one attached hydrogen (secondary N) is 1. The zero-order valence-corrected chi connectivity index (χ0v) is 14.0. The van der Waals surface area contributed by atoms with Crippen molar-refractivity contribution in [2.75, 3.05) is 11.1 Å². The Morgan fingerprint density at radius 2 is 2.00 bits per heavy atom. The summed E-state index contributed by atoms with van der Waals surface area (Å²) in [5.74, 6) is 0.755. The van der Waals surface area contributed by atoms with Gasteiger partial charge in [0.05, 0.1) is 11.4 Å². The van der Waals surface area contributed by atoms with Crippen LogP contribution in [0, 0.1) is 6.92 Å². The summed E-state index contributed by atoms with van der Waals surface area (Å²) in [6.45, 7) is 1.93. The number of carbonyl (C=O) groups is 1. The summed E-state index contributed by atoms with van der Waals surface area (Å²) in [6, 6.07) is 14.6. The van der Waals surface area contributed by atoms with E-state index in [2.05, 4.69) is 10.3 Å². The minimum absolute atomic E-state index is 0.0701. The predicted molar refractivity (Wildman–Crippen MR) is 97.4 cm³/mol. The smallest absolute Gasteiger partial charge is 0.258 e. The number of carbonyl (C=O) groups excluding carboxylic acids is 1. The molecule has 1 aromatic carbocycles. The van der Waals surface area contributed by atoms with Gasteiger partial charge in [-0.05, 0) is 30.7 Å². The number of pyridine rings is 1. The molecule has 2 heterocycles.